The molecule has 0 aliphatic carbocycles. The van der Waals surface area contributed by atoms with Crippen molar-refractivity contribution in [1.29, 1.82) is 0 Å². The maximum atomic E-state index is 12.4. The van der Waals surface area contributed by atoms with Crippen molar-refractivity contribution in [3.05, 3.63) is 35.5 Å². The molecule has 0 unspecified atom stereocenters. The van der Waals surface area contributed by atoms with E-state index < -0.39 is 54.2 Å². The number of allylic oxidation sites excluding steroid dienone is 1. The molecule has 0 aromatic heterocycles. The molecule has 154 valence electrons. The second kappa shape index (κ2) is 7.11. The number of rotatable bonds is 3. The summed E-state index contributed by atoms with van der Waals surface area (Å²) in [6.07, 6.45) is -0.0427. The standard InChI is InChI=1S/C20H26O8/c1-5-10(2)17(23)27-14-7-19(4)15(22)8-20(25,28-19)12(9-21)6-13-16(14)11(3)18(24)26-13/h5-6,13-16,21-22,25H,3,7-9H2,1-2,4H3/b10-5-,12-6-/t13-,14-,15+,16+,19+,20+/m1/s1. The van der Waals surface area contributed by atoms with Gasteiger partial charge in [0.1, 0.15) is 12.2 Å². The first-order valence-electron chi connectivity index (χ1n) is 9.21. The Morgan fingerprint density at radius 1 is 1.46 bits per heavy atom. The van der Waals surface area contributed by atoms with Gasteiger partial charge in [0.2, 0.25) is 0 Å². The van der Waals surface area contributed by atoms with Gasteiger partial charge in [-0.05, 0) is 26.8 Å². The van der Waals surface area contributed by atoms with Gasteiger partial charge in [-0.2, -0.15) is 0 Å². The molecule has 0 amide bonds. The van der Waals surface area contributed by atoms with E-state index in [0.717, 1.165) is 0 Å². The van der Waals surface area contributed by atoms with Gasteiger partial charge in [0.15, 0.2) is 5.79 Å². The van der Waals surface area contributed by atoms with E-state index in [1.54, 1.807) is 26.8 Å². The highest BCUT2D eigenvalue weighted by Gasteiger charge is 2.58. The van der Waals surface area contributed by atoms with Crippen molar-refractivity contribution in [2.75, 3.05) is 6.61 Å². The largest absolute Gasteiger partial charge is 0.458 e. The van der Waals surface area contributed by atoms with Gasteiger partial charge >= 0.3 is 11.9 Å². The fourth-order valence-electron chi connectivity index (χ4n) is 4.02. The third kappa shape index (κ3) is 3.30. The first-order valence-corrected chi connectivity index (χ1v) is 9.21. The lowest BCUT2D eigenvalue weighted by molar-refractivity contribution is -0.211. The summed E-state index contributed by atoms with van der Waals surface area (Å²) in [5, 5.41) is 31.3. The van der Waals surface area contributed by atoms with E-state index in [0.29, 0.717) is 5.57 Å². The molecule has 0 aromatic carbocycles. The Labute approximate surface area is 163 Å². The van der Waals surface area contributed by atoms with Gasteiger partial charge in [-0.1, -0.05) is 12.7 Å². The zero-order valence-electron chi connectivity index (χ0n) is 16.2. The fraction of sp³-hybridized carbons (Fsp3) is 0.600. The first kappa shape index (κ1) is 20.7. The van der Waals surface area contributed by atoms with E-state index in [9.17, 15) is 24.9 Å². The van der Waals surface area contributed by atoms with Crippen LogP contribution in [0.3, 0.4) is 0 Å². The minimum Gasteiger partial charge on any atom is -0.458 e. The Kier molecular flexibility index (Phi) is 5.26. The summed E-state index contributed by atoms with van der Waals surface area (Å²) in [4.78, 5) is 24.6. The fourth-order valence-corrected chi connectivity index (χ4v) is 4.02. The molecule has 2 bridgehead atoms. The highest BCUT2D eigenvalue weighted by atomic mass is 16.7. The first-order chi connectivity index (χ1) is 13.0. The molecular formula is C20H26O8. The smallest absolute Gasteiger partial charge is 0.334 e. The molecule has 3 aliphatic heterocycles. The predicted molar refractivity (Wildman–Crippen MR) is 96.7 cm³/mol. The molecule has 0 saturated carbocycles. The lowest BCUT2D eigenvalue weighted by Gasteiger charge is -2.34. The zero-order chi connectivity index (χ0) is 20.9. The topological polar surface area (TPSA) is 123 Å². The molecule has 8 nitrogen and oxygen atoms in total. The molecular weight excluding hydrogens is 368 g/mol. The molecule has 6 atom stereocenters. The minimum atomic E-state index is -1.91. The average Bonchev–Trinajstić information content (AvgIpc) is 3.04. The van der Waals surface area contributed by atoms with Gasteiger partial charge in [-0.15, -0.1) is 0 Å². The van der Waals surface area contributed by atoms with Crippen molar-refractivity contribution in [2.24, 2.45) is 5.92 Å². The van der Waals surface area contributed by atoms with Crippen LogP contribution in [0.2, 0.25) is 0 Å². The van der Waals surface area contributed by atoms with Crippen molar-refractivity contribution in [2.45, 2.75) is 63.3 Å². The molecule has 28 heavy (non-hydrogen) atoms. The number of hydrogen-bond acceptors (Lipinski definition) is 8. The van der Waals surface area contributed by atoms with E-state index >= 15 is 0 Å². The third-order valence-corrected chi connectivity index (χ3v) is 5.90. The number of aliphatic hydroxyl groups excluding tert-OH is 2. The lowest BCUT2D eigenvalue weighted by atomic mass is 9.80. The monoisotopic (exact) mass is 394 g/mol. The number of fused-ring (bicyclic) bond motifs is 3. The van der Waals surface area contributed by atoms with E-state index in [2.05, 4.69) is 6.58 Å². The summed E-state index contributed by atoms with van der Waals surface area (Å²) in [5.41, 5.74) is -0.700. The average molecular weight is 394 g/mol. The number of carbonyl (C=O) groups is 2. The summed E-state index contributed by atoms with van der Waals surface area (Å²) < 4.78 is 16.8. The van der Waals surface area contributed by atoms with Crippen molar-refractivity contribution in [1.82, 2.24) is 0 Å². The number of esters is 2. The molecule has 0 spiro atoms. The van der Waals surface area contributed by atoms with Crippen molar-refractivity contribution < 1.29 is 39.1 Å². The third-order valence-electron chi connectivity index (χ3n) is 5.90. The van der Waals surface area contributed by atoms with E-state index in [1.807, 2.05) is 0 Å². The molecule has 8 heteroatoms. The van der Waals surface area contributed by atoms with Crippen LogP contribution in [0.15, 0.2) is 35.5 Å². The van der Waals surface area contributed by atoms with Gasteiger partial charge in [0, 0.05) is 29.6 Å². The van der Waals surface area contributed by atoms with E-state index in [1.165, 1.54) is 6.08 Å². The summed E-state index contributed by atoms with van der Waals surface area (Å²) in [5.74, 6) is -3.87. The molecule has 3 heterocycles. The van der Waals surface area contributed by atoms with Crippen LogP contribution in [-0.2, 0) is 23.8 Å². The van der Waals surface area contributed by atoms with Crippen molar-refractivity contribution in [3.63, 3.8) is 0 Å². The van der Waals surface area contributed by atoms with Gasteiger partial charge in [-0.3, -0.25) is 0 Å². The predicted octanol–water partition coefficient (Wildman–Crippen LogP) is 0.513. The van der Waals surface area contributed by atoms with Crippen LogP contribution in [0.1, 0.15) is 33.6 Å². The Bertz CT molecular complexity index is 768. The number of carbonyl (C=O) groups excluding carboxylic acids is 2. The maximum Gasteiger partial charge on any atom is 0.334 e. The van der Waals surface area contributed by atoms with E-state index in [-0.39, 0.29) is 24.0 Å². The molecule has 3 rings (SSSR count). The van der Waals surface area contributed by atoms with Crippen LogP contribution in [0.5, 0.6) is 0 Å². The maximum absolute atomic E-state index is 12.4. The zero-order valence-corrected chi connectivity index (χ0v) is 16.2. The summed E-state index contributed by atoms with van der Waals surface area (Å²) in [6, 6.07) is 0. The molecule has 0 aromatic rings. The lowest BCUT2D eigenvalue weighted by Crippen LogP contribution is -2.44. The van der Waals surface area contributed by atoms with Crippen LogP contribution < -0.4 is 0 Å². The minimum absolute atomic E-state index is 0.00257. The van der Waals surface area contributed by atoms with Gasteiger partial charge < -0.3 is 29.5 Å². The van der Waals surface area contributed by atoms with Crippen LogP contribution in [-0.4, -0.2) is 63.6 Å². The molecule has 3 aliphatic rings. The Balaban J connectivity index is 2.09. The molecule has 3 N–H and O–H groups in total. The number of hydrogen-bond donors (Lipinski definition) is 3. The highest BCUT2D eigenvalue weighted by Crippen LogP contribution is 2.48. The molecule has 2 saturated heterocycles. The molecule has 2 fully saturated rings. The number of aliphatic hydroxyl groups is 3. The van der Waals surface area contributed by atoms with Gasteiger partial charge in [-0.25, -0.2) is 9.59 Å². The summed E-state index contributed by atoms with van der Waals surface area (Å²) in [6.45, 7) is 8.11. The number of ether oxygens (including phenoxy) is 3. The van der Waals surface area contributed by atoms with Gasteiger partial charge in [0.05, 0.1) is 24.2 Å². The second-order valence-corrected chi connectivity index (χ2v) is 7.81. The summed E-state index contributed by atoms with van der Waals surface area (Å²) >= 11 is 0. The quantitative estimate of drug-likeness (QED) is 0.360. The van der Waals surface area contributed by atoms with Crippen LogP contribution >= 0.6 is 0 Å². The van der Waals surface area contributed by atoms with Crippen LogP contribution in [0, 0.1) is 5.92 Å². The van der Waals surface area contributed by atoms with Crippen molar-refractivity contribution in [3.8, 4) is 0 Å². The SMILES string of the molecule is C=C1C(=O)O[C@@H]2/C=C(/CO)[C@]3(O)C[C@H](O)[C@](C)(C[C@@H](OC(=O)/C(C)=C\C)[C@@H]12)O3. The van der Waals surface area contributed by atoms with Gasteiger partial charge in [0.25, 0.3) is 0 Å². The van der Waals surface area contributed by atoms with Crippen LogP contribution in [0.4, 0.5) is 0 Å². The normalized spacial score (nSPS) is 42.6. The summed E-state index contributed by atoms with van der Waals surface area (Å²) in [7, 11) is 0. The van der Waals surface area contributed by atoms with Crippen LogP contribution in [0.25, 0.3) is 0 Å². The Hall–Kier alpha value is -2.00. The van der Waals surface area contributed by atoms with Crippen molar-refractivity contribution >= 4 is 11.9 Å². The molecule has 0 radical (unpaired) electrons. The highest BCUT2D eigenvalue weighted by molar-refractivity contribution is 5.92. The Morgan fingerprint density at radius 2 is 2.14 bits per heavy atom. The van der Waals surface area contributed by atoms with E-state index in [4.69, 9.17) is 14.2 Å². The second-order valence-electron chi connectivity index (χ2n) is 7.81. The Morgan fingerprint density at radius 3 is 2.75 bits per heavy atom.